The lowest BCUT2D eigenvalue weighted by Crippen LogP contribution is -2.27. The summed E-state index contributed by atoms with van der Waals surface area (Å²) in [7, 11) is 3.20. The molecule has 5 nitrogen and oxygen atoms in total. The van der Waals surface area contributed by atoms with Crippen molar-refractivity contribution in [2.24, 2.45) is 0 Å². The Labute approximate surface area is 133 Å². The largest absolute Gasteiger partial charge is 0.493 e. The molecule has 1 rings (SSSR count). The number of carbonyl (C=O) groups excluding carboxylic acids is 1. The van der Waals surface area contributed by atoms with E-state index in [0.29, 0.717) is 41.1 Å². The molecule has 0 radical (unpaired) electrons. The molecule has 0 saturated heterocycles. The molecule has 0 atom stereocenters. The summed E-state index contributed by atoms with van der Waals surface area (Å²) < 4.78 is 11.6. The van der Waals surface area contributed by atoms with E-state index < -0.39 is 0 Å². The van der Waals surface area contributed by atoms with Crippen molar-refractivity contribution < 1.29 is 14.3 Å². The molecule has 114 valence electrons. The Hall–Kier alpha value is -1.74. The van der Waals surface area contributed by atoms with E-state index in [0.717, 1.165) is 6.42 Å². The summed E-state index contributed by atoms with van der Waals surface area (Å²) in [6, 6.07) is 5.38. The predicted octanol–water partition coefficient (Wildman–Crippen LogP) is 3.23. The van der Waals surface area contributed by atoms with Gasteiger partial charge in [0.05, 0.1) is 30.7 Å². The van der Waals surface area contributed by atoms with Crippen LogP contribution in [0.5, 0.6) is 11.5 Å². The van der Waals surface area contributed by atoms with Crippen LogP contribution in [0.25, 0.3) is 0 Å². The highest BCUT2D eigenvalue weighted by molar-refractivity contribution is 9.10. The number of benzene rings is 1. The van der Waals surface area contributed by atoms with Gasteiger partial charge in [-0.15, -0.1) is 0 Å². The van der Waals surface area contributed by atoms with Crippen molar-refractivity contribution in [2.75, 3.05) is 27.3 Å². The lowest BCUT2D eigenvalue weighted by atomic mass is 10.1. The molecule has 1 aromatic rings. The molecule has 0 spiro atoms. The van der Waals surface area contributed by atoms with Crippen LogP contribution in [0.15, 0.2) is 16.6 Å². The van der Waals surface area contributed by atoms with Gasteiger partial charge in [0.2, 0.25) is 0 Å². The number of halogens is 1. The van der Waals surface area contributed by atoms with Crippen molar-refractivity contribution in [2.45, 2.75) is 19.8 Å². The van der Waals surface area contributed by atoms with Gasteiger partial charge in [-0.1, -0.05) is 6.92 Å². The number of carbonyl (C=O) groups is 1. The number of nitrogens with zero attached hydrogens (tertiary/aromatic N) is 2. The number of methoxy groups -OCH3 is 1. The average Bonchev–Trinajstić information content (AvgIpc) is 2.49. The molecule has 1 aromatic carbocycles. The van der Waals surface area contributed by atoms with E-state index >= 15 is 0 Å². The first-order valence-electron chi connectivity index (χ1n) is 6.67. The molecule has 0 heterocycles. The Bertz CT molecular complexity index is 540. The molecule has 0 aromatic heterocycles. The third-order valence-electron chi connectivity index (χ3n) is 2.83. The highest BCUT2D eigenvalue weighted by Crippen LogP contribution is 2.37. The molecule has 6 heteroatoms. The normalized spacial score (nSPS) is 9.86. The molecule has 0 N–H and O–H groups in total. The summed E-state index contributed by atoms with van der Waals surface area (Å²) in [6.45, 7) is 2.98. The third kappa shape index (κ3) is 4.64. The summed E-state index contributed by atoms with van der Waals surface area (Å²) in [4.78, 5) is 13.8. The van der Waals surface area contributed by atoms with Gasteiger partial charge in [0.15, 0.2) is 11.5 Å². The van der Waals surface area contributed by atoms with Crippen LogP contribution in [0.1, 0.15) is 30.1 Å². The lowest BCUT2D eigenvalue weighted by Gasteiger charge is -2.18. The fraction of sp³-hybridized carbons (Fsp3) is 0.467. The Kier molecular flexibility index (Phi) is 7.03. The van der Waals surface area contributed by atoms with Gasteiger partial charge in [0, 0.05) is 19.2 Å². The van der Waals surface area contributed by atoms with Gasteiger partial charge < -0.3 is 14.4 Å². The highest BCUT2D eigenvalue weighted by atomic mass is 79.9. The third-order valence-corrected chi connectivity index (χ3v) is 3.42. The fourth-order valence-corrected chi connectivity index (χ4v) is 2.28. The number of ether oxygens (including phenoxy) is 2. The van der Waals surface area contributed by atoms with E-state index in [1.54, 1.807) is 19.2 Å². The standard InChI is InChI=1S/C15H19BrN2O3/c1-4-8-21-14-12(16)9-11(10-13(14)20-3)15(19)18(2)7-5-6-17/h9-10H,4-5,7-8H2,1-3H3. The zero-order valence-corrected chi connectivity index (χ0v) is 14.1. The fourth-order valence-electron chi connectivity index (χ4n) is 1.73. The van der Waals surface area contributed by atoms with Crippen molar-refractivity contribution in [3.8, 4) is 17.6 Å². The Morgan fingerprint density at radius 1 is 1.48 bits per heavy atom. The first kappa shape index (κ1) is 17.3. The first-order valence-corrected chi connectivity index (χ1v) is 7.47. The topological polar surface area (TPSA) is 62.6 Å². The van der Waals surface area contributed by atoms with Crippen LogP contribution in [-0.2, 0) is 0 Å². The number of rotatable bonds is 7. The lowest BCUT2D eigenvalue weighted by molar-refractivity contribution is 0.0797. The molecule has 0 fully saturated rings. The minimum atomic E-state index is -0.161. The summed E-state index contributed by atoms with van der Waals surface area (Å²) in [6.07, 6.45) is 1.19. The number of amides is 1. The Morgan fingerprint density at radius 3 is 2.76 bits per heavy atom. The van der Waals surface area contributed by atoms with Gasteiger partial charge in [-0.3, -0.25) is 4.79 Å². The Balaban J connectivity index is 3.02. The number of hydrogen-bond acceptors (Lipinski definition) is 4. The zero-order valence-electron chi connectivity index (χ0n) is 12.5. The van der Waals surface area contributed by atoms with E-state index in [9.17, 15) is 4.79 Å². The second-order valence-corrected chi connectivity index (χ2v) is 5.33. The smallest absolute Gasteiger partial charge is 0.253 e. The molecule has 0 saturated carbocycles. The van der Waals surface area contributed by atoms with Gasteiger partial charge in [-0.05, 0) is 34.5 Å². The van der Waals surface area contributed by atoms with Crippen molar-refractivity contribution >= 4 is 21.8 Å². The quantitative estimate of drug-likeness (QED) is 0.753. The van der Waals surface area contributed by atoms with E-state index in [2.05, 4.69) is 15.9 Å². The van der Waals surface area contributed by atoms with Gasteiger partial charge >= 0.3 is 0 Å². The Morgan fingerprint density at radius 2 is 2.19 bits per heavy atom. The average molecular weight is 355 g/mol. The maximum atomic E-state index is 12.3. The van der Waals surface area contributed by atoms with Gasteiger partial charge in [-0.2, -0.15) is 5.26 Å². The molecule has 1 amide bonds. The molecule has 21 heavy (non-hydrogen) atoms. The van der Waals surface area contributed by atoms with E-state index in [1.165, 1.54) is 12.0 Å². The van der Waals surface area contributed by atoms with Crippen molar-refractivity contribution in [1.82, 2.24) is 4.90 Å². The van der Waals surface area contributed by atoms with E-state index in [4.69, 9.17) is 14.7 Å². The molecule has 0 bridgehead atoms. The molecule has 0 unspecified atom stereocenters. The second-order valence-electron chi connectivity index (χ2n) is 4.47. The van der Waals surface area contributed by atoms with Crippen molar-refractivity contribution in [3.63, 3.8) is 0 Å². The van der Waals surface area contributed by atoms with Crippen LogP contribution in [0.4, 0.5) is 0 Å². The first-order chi connectivity index (χ1) is 10.0. The summed E-state index contributed by atoms with van der Waals surface area (Å²) in [5.74, 6) is 0.941. The van der Waals surface area contributed by atoms with Crippen LogP contribution in [0.3, 0.4) is 0 Å². The molecular formula is C15H19BrN2O3. The monoisotopic (exact) mass is 354 g/mol. The van der Waals surface area contributed by atoms with E-state index in [1.807, 2.05) is 13.0 Å². The summed E-state index contributed by atoms with van der Waals surface area (Å²) in [5.41, 5.74) is 0.489. The van der Waals surface area contributed by atoms with Crippen molar-refractivity contribution in [1.29, 1.82) is 5.26 Å². The SMILES string of the molecule is CCCOc1c(Br)cc(C(=O)N(C)CCC#N)cc1OC. The predicted molar refractivity (Wildman–Crippen MR) is 83.7 cm³/mol. The van der Waals surface area contributed by atoms with E-state index in [-0.39, 0.29) is 5.91 Å². The van der Waals surface area contributed by atoms with Crippen LogP contribution in [0, 0.1) is 11.3 Å². The van der Waals surface area contributed by atoms with Crippen LogP contribution in [0.2, 0.25) is 0 Å². The molecular weight excluding hydrogens is 336 g/mol. The zero-order chi connectivity index (χ0) is 15.8. The van der Waals surface area contributed by atoms with Gasteiger partial charge in [-0.25, -0.2) is 0 Å². The van der Waals surface area contributed by atoms with Gasteiger partial charge in [0.25, 0.3) is 5.91 Å². The molecule has 0 aliphatic carbocycles. The minimum absolute atomic E-state index is 0.161. The van der Waals surface area contributed by atoms with Crippen LogP contribution >= 0.6 is 15.9 Å². The van der Waals surface area contributed by atoms with Crippen molar-refractivity contribution in [3.05, 3.63) is 22.2 Å². The van der Waals surface area contributed by atoms with Gasteiger partial charge in [0.1, 0.15) is 0 Å². The van der Waals surface area contributed by atoms with Crippen LogP contribution in [-0.4, -0.2) is 38.1 Å². The highest BCUT2D eigenvalue weighted by Gasteiger charge is 2.17. The maximum absolute atomic E-state index is 12.3. The molecule has 0 aliphatic rings. The summed E-state index contributed by atoms with van der Waals surface area (Å²) in [5, 5.41) is 8.58. The summed E-state index contributed by atoms with van der Waals surface area (Å²) >= 11 is 3.41. The minimum Gasteiger partial charge on any atom is -0.493 e. The number of hydrogen-bond donors (Lipinski definition) is 0. The second kappa shape index (κ2) is 8.53. The maximum Gasteiger partial charge on any atom is 0.253 e. The number of nitriles is 1. The molecule has 0 aliphatic heterocycles. The van der Waals surface area contributed by atoms with Crippen LogP contribution < -0.4 is 9.47 Å².